The number of rotatable bonds is 64. The molecule has 0 rings (SSSR count). The highest BCUT2D eigenvalue weighted by Crippen LogP contribution is 2.19. The zero-order valence-corrected chi connectivity index (χ0v) is 49.9. The van der Waals surface area contributed by atoms with Gasteiger partial charge in [-0.1, -0.05) is 354 Å². The highest BCUT2D eigenvalue weighted by Gasteiger charge is 2.20. The zero-order valence-electron chi connectivity index (χ0n) is 49.9. The van der Waals surface area contributed by atoms with Gasteiger partial charge >= 0.3 is 5.97 Å². The van der Waals surface area contributed by atoms with Gasteiger partial charge in [0.25, 0.3) is 0 Å². The number of aliphatic hydroxyl groups is 2. The van der Waals surface area contributed by atoms with Gasteiger partial charge in [0.05, 0.1) is 25.4 Å². The van der Waals surface area contributed by atoms with Crippen molar-refractivity contribution in [2.45, 2.75) is 405 Å². The second kappa shape index (κ2) is 63.4. The monoisotopic (exact) mass is 1030 g/mol. The van der Waals surface area contributed by atoms with Gasteiger partial charge in [-0.05, 0) is 25.7 Å². The van der Waals surface area contributed by atoms with Crippen molar-refractivity contribution in [3.05, 3.63) is 0 Å². The summed E-state index contributed by atoms with van der Waals surface area (Å²) in [5, 5.41) is 23.4. The summed E-state index contributed by atoms with van der Waals surface area (Å²) in [4.78, 5) is 24.6. The number of esters is 1. The first-order valence-electron chi connectivity index (χ1n) is 33.8. The lowest BCUT2D eigenvalue weighted by molar-refractivity contribution is -0.143. The van der Waals surface area contributed by atoms with E-state index in [0.717, 1.165) is 38.5 Å². The van der Waals surface area contributed by atoms with E-state index in [2.05, 4.69) is 19.2 Å². The van der Waals surface area contributed by atoms with Crippen LogP contribution in [0.1, 0.15) is 393 Å². The van der Waals surface area contributed by atoms with Crippen LogP contribution in [0.25, 0.3) is 0 Å². The Morgan fingerprint density at radius 1 is 0.329 bits per heavy atom. The number of nitrogens with one attached hydrogen (secondary N) is 1. The molecule has 0 fully saturated rings. The topological polar surface area (TPSA) is 95.9 Å². The summed E-state index contributed by atoms with van der Waals surface area (Å²) in [6.07, 6.45) is 75.6. The highest BCUT2D eigenvalue weighted by molar-refractivity contribution is 5.76. The molecule has 0 heterocycles. The van der Waals surface area contributed by atoms with Gasteiger partial charge in [0.2, 0.25) is 5.91 Å². The normalized spacial score (nSPS) is 12.4. The summed E-state index contributed by atoms with van der Waals surface area (Å²) in [6.45, 7) is 5.00. The molecule has 2 unspecified atom stereocenters. The Bertz CT molecular complexity index is 1050. The fourth-order valence-corrected chi connectivity index (χ4v) is 11.0. The maximum absolute atomic E-state index is 12.5. The quantitative estimate of drug-likeness (QED) is 0.0417. The Morgan fingerprint density at radius 2 is 0.562 bits per heavy atom. The predicted molar refractivity (Wildman–Crippen MR) is 320 cm³/mol. The van der Waals surface area contributed by atoms with Crippen molar-refractivity contribution in [3.63, 3.8) is 0 Å². The van der Waals surface area contributed by atoms with Crippen LogP contribution in [0.4, 0.5) is 0 Å². The number of aliphatic hydroxyl groups excluding tert-OH is 2. The molecule has 0 aromatic rings. The summed E-state index contributed by atoms with van der Waals surface area (Å²) in [7, 11) is 0. The fourth-order valence-electron chi connectivity index (χ4n) is 11.0. The molecule has 6 nitrogen and oxygen atoms in total. The van der Waals surface area contributed by atoms with E-state index < -0.39 is 12.1 Å². The third kappa shape index (κ3) is 60.0. The molecule has 0 saturated carbocycles. The minimum absolute atomic E-state index is 0.0180. The van der Waals surface area contributed by atoms with Crippen molar-refractivity contribution < 1.29 is 24.5 Å². The van der Waals surface area contributed by atoms with Crippen LogP contribution in [0.3, 0.4) is 0 Å². The molecule has 0 aliphatic heterocycles. The Balaban J connectivity index is 3.36. The summed E-state index contributed by atoms with van der Waals surface area (Å²) < 4.78 is 5.49. The molecule has 0 aliphatic rings. The Morgan fingerprint density at radius 3 is 0.836 bits per heavy atom. The van der Waals surface area contributed by atoms with Gasteiger partial charge in [-0.2, -0.15) is 0 Å². The molecule has 0 saturated heterocycles. The number of carbonyl (C=O) groups excluding carboxylic acids is 2. The fraction of sp³-hybridized carbons (Fsp3) is 0.970. The third-order valence-corrected chi connectivity index (χ3v) is 16.2. The molecule has 0 aromatic carbocycles. The van der Waals surface area contributed by atoms with E-state index in [1.165, 1.54) is 321 Å². The van der Waals surface area contributed by atoms with Gasteiger partial charge in [-0.25, -0.2) is 0 Å². The van der Waals surface area contributed by atoms with Gasteiger partial charge < -0.3 is 20.3 Å². The van der Waals surface area contributed by atoms with Crippen LogP contribution < -0.4 is 5.32 Å². The molecule has 0 aliphatic carbocycles. The molecule has 0 radical (unpaired) electrons. The molecule has 1 amide bonds. The van der Waals surface area contributed by atoms with Gasteiger partial charge in [0.15, 0.2) is 0 Å². The Hall–Kier alpha value is -1.14. The van der Waals surface area contributed by atoms with Gasteiger partial charge in [0.1, 0.15) is 0 Å². The lowest BCUT2D eigenvalue weighted by Crippen LogP contribution is -2.45. The second-order valence-electron chi connectivity index (χ2n) is 23.5. The lowest BCUT2D eigenvalue weighted by Gasteiger charge is -2.22. The minimum atomic E-state index is -0.663. The SMILES string of the molecule is CCCCCCCCCCCCCCCCCCCCCC(O)C(CO)NC(=O)CCCCCCCCCCCCCCCCCCCCCCCCCOC(=O)CCCCCCCCCCCCCCCC. The minimum Gasteiger partial charge on any atom is -0.466 e. The Labute approximate surface area is 457 Å². The summed E-state index contributed by atoms with van der Waals surface area (Å²) in [5.41, 5.74) is 0. The summed E-state index contributed by atoms with van der Waals surface area (Å²) >= 11 is 0. The Kier molecular flexibility index (Phi) is 62.4. The van der Waals surface area contributed by atoms with Crippen molar-refractivity contribution in [1.29, 1.82) is 0 Å². The molecule has 0 bridgehead atoms. The maximum atomic E-state index is 12.5. The van der Waals surface area contributed by atoms with Crippen LogP contribution in [0.15, 0.2) is 0 Å². The lowest BCUT2D eigenvalue weighted by atomic mass is 10.0. The maximum Gasteiger partial charge on any atom is 0.305 e. The molecule has 0 spiro atoms. The third-order valence-electron chi connectivity index (χ3n) is 16.2. The van der Waals surface area contributed by atoms with E-state index in [1.54, 1.807) is 0 Å². The van der Waals surface area contributed by atoms with E-state index in [9.17, 15) is 19.8 Å². The van der Waals surface area contributed by atoms with Crippen LogP contribution in [0, 0.1) is 0 Å². The van der Waals surface area contributed by atoms with E-state index in [0.29, 0.717) is 25.9 Å². The van der Waals surface area contributed by atoms with Crippen molar-refractivity contribution in [1.82, 2.24) is 5.32 Å². The highest BCUT2D eigenvalue weighted by atomic mass is 16.5. The van der Waals surface area contributed by atoms with Crippen molar-refractivity contribution >= 4 is 11.9 Å². The average molecular weight is 1030 g/mol. The first-order chi connectivity index (χ1) is 36.0. The standard InChI is InChI=1S/C67H133NO5/c1-3-5-7-9-11-13-15-17-19-20-26-29-32-35-39-43-47-51-55-59-65(70)64(63-69)68-66(71)60-56-52-48-44-40-36-33-30-27-24-22-21-23-25-28-31-34-38-42-46-50-54-58-62-73-67(72)61-57-53-49-45-41-37-18-16-14-12-10-8-6-4-2/h64-65,69-70H,3-63H2,1-2H3,(H,68,71). The van der Waals surface area contributed by atoms with Crippen molar-refractivity contribution in [2.24, 2.45) is 0 Å². The number of hydrogen-bond acceptors (Lipinski definition) is 5. The molecular formula is C67H133NO5. The number of carbonyl (C=O) groups is 2. The molecule has 3 N–H and O–H groups in total. The molecule has 436 valence electrons. The molecule has 2 atom stereocenters. The van der Waals surface area contributed by atoms with Crippen LogP contribution in [-0.4, -0.2) is 47.4 Å². The van der Waals surface area contributed by atoms with E-state index in [4.69, 9.17) is 4.74 Å². The van der Waals surface area contributed by atoms with E-state index in [-0.39, 0.29) is 18.5 Å². The smallest absolute Gasteiger partial charge is 0.305 e. The average Bonchev–Trinajstić information content (AvgIpc) is 3.39. The first kappa shape index (κ1) is 71.9. The van der Waals surface area contributed by atoms with E-state index >= 15 is 0 Å². The van der Waals surface area contributed by atoms with Gasteiger partial charge in [0, 0.05) is 12.8 Å². The van der Waals surface area contributed by atoms with Crippen LogP contribution in [-0.2, 0) is 14.3 Å². The van der Waals surface area contributed by atoms with Crippen molar-refractivity contribution in [2.75, 3.05) is 13.2 Å². The predicted octanol–water partition coefficient (Wildman–Crippen LogP) is 21.4. The number of ether oxygens (including phenoxy) is 1. The molecule has 73 heavy (non-hydrogen) atoms. The van der Waals surface area contributed by atoms with Crippen LogP contribution in [0.5, 0.6) is 0 Å². The molecule has 0 aromatic heterocycles. The summed E-state index contributed by atoms with van der Waals surface area (Å²) in [6, 6.07) is -0.540. The first-order valence-corrected chi connectivity index (χ1v) is 33.8. The van der Waals surface area contributed by atoms with Crippen LogP contribution in [0.2, 0.25) is 0 Å². The van der Waals surface area contributed by atoms with Crippen LogP contribution >= 0.6 is 0 Å². The zero-order chi connectivity index (χ0) is 52.9. The number of hydrogen-bond donors (Lipinski definition) is 3. The van der Waals surface area contributed by atoms with Crippen molar-refractivity contribution in [3.8, 4) is 0 Å². The van der Waals surface area contributed by atoms with Gasteiger partial charge in [-0.3, -0.25) is 9.59 Å². The largest absolute Gasteiger partial charge is 0.466 e. The number of amides is 1. The molecular weight excluding hydrogens is 899 g/mol. The van der Waals surface area contributed by atoms with Gasteiger partial charge in [-0.15, -0.1) is 0 Å². The van der Waals surface area contributed by atoms with E-state index in [1.807, 2.05) is 0 Å². The number of unbranched alkanes of at least 4 members (excludes halogenated alkanes) is 53. The second-order valence-corrected chi connectivity index (χ2v) is 23.5. The molecule has 6 heteroatoms. The summed E-state index contributed by atoms with van der Waals surface area (Å²) in [5.74, 6) is -0.0116.